The largest absolute Gasteiger partial charge is 0.508 e. The molecule has 0 bridgehead atoms. The molecule has 0 amide bonds. The van der Waals surface area contributed by atoms with Gasteiger partial charge in [-0.2, -0.15) is 0 Å². The molecule has 0 aromatic heterocycles. The van der Waals surface area contributed by atoms with Crippen LogP contribution in [0.25, 0.3) is 0 Å². The van der Waals surface area contributed by atoms with Crippen molar-refractivity contribution < 1.29 is 30.0 Å². The summed E-state index contributed by atoms with van der Waals surface area (Å²) in [6, 6.07) is 4.29. The molecule has 4 N–H and O–H groups in total. The lowest BCUT2D eigenvalue weighted by atomic mass is 9.51. The average molecular weight is 346 g/mol. The molecule has 25 heavy (non-hydrogen) atoms. The maximum Gasteiger partial charge on any atom is 0.170 e. The van der Waals surface area contributed by atoms with Crippen molar-refractivity contribution in [2.75, 3.05) is 0 Å². The first-order chi connectivity index (χ1) is 11.8. The number of phenols is 1. The summed E-state index contributed by atoms with van der Waals surface area (Å²) in [6.07, 6.45) is -1.78. The number of aliphatic hydroxyl groups excluding tert-OH is 2. The third-order valence-electron chi connectivity index (χ3n) is 6.39. The fraction of sp³-hybridized carbons (Fsp3) is 0.579. The van der Waals surface area contributed by atoms with E-state index < -0.39 is 35.4 Å². The molecular weight excluding hydrogens is 324 g/mol. The van der Waals surface area contributed by atoms with E-state index in [1.54, 1.807) is 0 Å². The predicted octanol–water partition coefficient (Wildman–Crippen LogP) is 0.965. The number of fused-ring (bicyclic) bond motifs is 4. The fourth-order valence-corrected chi connectivity index (χ4v) is 5.34. The number of hydrogen-bond donors (Lipinski definition) is 4. The van der Waals surface area contributed by atoms with Crippen LogP contribution in [0.2, 0.25) is 0 Å². The molecule has 1 aromatic rings. The van der Waals surface area contributed by atoms with Crippen LogP contribution in [0.5, 0.6) is 5.75 Å². The van der Waals surface area contributed by atoms with E-state index >= 15 is 0 Å². The van der Waals surface area contributed by atoms with Gasteiger partial charge in [0.25, 0.3) is 0 Å². The molecule has 7 atom stereocenters. The number of carbonyl (C=O) groups excluding carboxylic acids is 2. The molecule has 6 heteroatoms. The van der Waals surface area contributed by atoms with Gasteiger partial charge in [0, 0.05) is 23.5 Å². The molecule has 0 saturated heterocycles. The van der Waals surface area contributed by atoms with Crippen molar-refractivity contribution in [2.24, 2.45) is 23.7 Å². The van der Waals surface area contributed by atoms with Crippen LogP contribution in [-0.4, -0.2) is 43.7 Å². The van der Waals surface area contributed by atoms with E-state index in [1.165, 1.54) is 18.2 Å². The van der Waals surface area contributed by atoms with E-state index in [4.69, 9.17) is 0 Å². The van der Waals surface area contributed by atoms with Gasteiger partial charge in [0.1, 0.15) is 23.2 Å². The van der Waals surface area contributed by atoms with E-state index in [2.05, 4.69) is 0 Å². The molecule has 0 radical (unpaired) electrons. The Labute approximate surface area is 145 Å². The Kier molecular flexibility index (Phi) is 3.58. The zero-order valence-electron chi connectivity index (χ0n) is 13.9. The Hall–Kier alpha value is -1.76. The number of carbonyl (C=O) groups is 2. The molecule has 3 aliphatic carbocycles. The van der Waals surface area contributed by atoms with E-state index in [-0.39, 0.29) is 40.9 Å². The number of benzene rings is 1. The molecule has 0 spiro atoms. The summed E-state index contributed by atoms with van der Waals surface area (Å²) in [7, 11) is 0. The molecule has 2 fully saturated rings. The minimum atomic E-state index is -2.17. The lowest BCUT2D eigenvalue weighted by molar-refractivity contribution is -0.216. The summed E-state index contributed by atoms with van der Waals surface area (Å²) < 4.78 is 0. The van der Waals surface area contributed by atoms with Crippen molar-refractivity contribution in [3.05, 3.63) is 29.3 Å². The van der Waals surface area contributed by atoms with Crippen molar-refractivity contribution in [3.63, 3.8) is 0 Å². The summed E-state index contributed by atoms with van der Waals surface area (Å²) in [5, 5.41) is 42.7. The second-order valence-electron chi connectivity index (χ2n) is 7.92. The number of Topliss-reactive ketones (excluding diaryl/α,β-unsaturated/α-hetero) is 2. The zero-order valence-corrected chi connectivity index (χ0v) is 13.9. The van der Waals surface area contributed by atoms with Gasteiger partial charge in [0.2, 0.25) is 0 Å². The van der Waals surface area contributed by atoms with Gasteiger partial charge in [-0.15, -0.1) is 0 Å². The summed E-state index contributed by atoms with van der Waals surface area (Å²) in [5.41, 5.74) is -2.12. The Morgan fingerprint density at radius 1 is 1.16 bits per heavy atom. The van der Waals surface area contributed by atoms with Crippen molar-refractivity contribution >= 4 is 11.6 Å². The predicted molar refractivity (Wildman–Crippen MR) is 86.8 cm³/mol. The summed E-state index contributed by atoms with van der Waals surface area (Å²) in [6.45, 7) is 1.96. The zero-order chi connectivity index (χ0) is 18.1. The molecule has 3 aliphatic rings. The first kappa shape index (κ1) is 16.7. The standard InChI is InChI=1S/C19H22O6/c1-8-5-9-7-13(22)19(25)16(14(9)12(21)6-8)17(23)10-3-2-4-11(20)15(10)18(19)24/h2-4,8-9,13-14,16,18,20,22,24-25H,5-7H2,1H3/t8-,9?,13+,14?,16-,18-,19+/m0/s1. The highest BCUT2D eigenvalue weighted by atomic mass is 16.4. The van der Waals surface area contributed by atoms with E-state index in [0.29, 0.717) is 12.8 Å². The Balaban J connectivity index is 1.90. The van der Waals surface area contributed by atoms with Crippen molar-refractivity contribution in [2.45, 2.75) is 44.0 Å². The number of aromatic hydroxyl groups is 1. The van der Waals surface area contributed by atoms with E-state index in [9.17, 15) is 30.0 Å². The number of rotatable bonds is 0. The quantitative estimate of drug-likeness (QED) is 0.556. The Morgan fingerprint density at radius 2 is 1.88 bits per heavy atom. The van der Waals surface area contributed by atoms with Crippen LogP contribution in [-0.2, 0) is 4.79 Å². The van der Waals surface area contributed by atoms with Gasteiger partial charge in [-0.25, -0.2) is 0 Å². The first-order valence-electron chi connectivity index (χ1n) is 8.74. The second-order valence-corrected chi connectivity index (χ2v) is 7.92. The molecule has 6 nitrogen and oxygen atoms in total. The topological polar surface area (TPSA) is 115 Å². The van der Waals surface area contributed by atoms with Crippen molar-refractivity contribution in [1.29, 1.82) is 0 Å². The third-order valence-corrected chi connectivity index (χ3v) is 6.39. The maximum atomic E-state index is 13.1. The molecule has 0 heterocycles. The smallest absolute Gasteiger partial charge is 0.170 e. The Morgan fingerprint density at radius 3 is 2.60 bits per heavy atom. The van der Waals surface area contributed by atoms with Gasteiger partial charge in [0.15, 0.2) is 5.78 Å². The first-order valence-corrected chi connectivity index (χ1v) is 8.74. The third kappa shape index (κ3) is 2.08. The molecule has 134 valence electrons. The highest BCUT2D eigenvalue weighted by Crippen LogP contribution is 2.56. The van der Waals surface area contributed by atoms with E-state index in [1.807, 2.05) is 6.92 Å². The molecule has 0 aliphatic heterocycles. The number of hydrogen-bond acceptors (Lipinski definition) is 6. The van der Waals surface area contributed by atoms with Crippen LogP contribution in [0.15, 0.2) is 18.2 Å². The van der Waals surface area contributed by atoms with E-state index in [0.717, 1.165) is 0 Å². The highest BCUT2D eigenvalue weighted by molar-refractivity contribution is 6.05. The number of phenolic OH excluding ortho intramolecular Hbond substituents is 1. The van der Waals surface area contributed by atoms with Gasteiger partial charge in [-0.1, -0.05) is 19.1 Å². The lowest BCUT2D eigenvalue weighted by Crippen LogP contribution is -2.66. The SMILES string of the molecule is C[C@@H]1CC(=O)C2C(C1)C[C@@H](O)[C@@]1(O)[C@@H]2C(=O)c2cccc(O)c2[C@@H]1O. The number of aliphatic hydroxyl groups is 3. The normalized spacial score (nSPS) is 43.2. The van der Waals surface area contributed by atoms with Gasteiger partial charge < -0.3 is 20.4 Å². The summed E-state index contributed by atoms with van der Waals surface area (Å²) in [5.74, 6) is -2.80. The highest BCUT2D eigenvalue weighted by Gasteiger charge is 2.65. The maximum absolute atomic E-state index is 13.1. The minimum Gasteiger partial charge on any atom is -0.508 e. The molecule has 2 unspecified atom stereocenters. The van der Waals surface area contributed by atoms with Crippen LogP contribution >= 0.6 is 0 Å². The van der Waals surface area contributed by atoms with Gasteiger partial charge >= 0.3 is 0 Å². The summed E-state index contributed by atoms with van der Waals surface area (Å²) >= 11 is 0. The average Bonchev–Trinajstić information content (AvgIpc) is 2.54. The monoisotopic (exact) mass is 346 g/mol. The van der Waals surface area contributed by atoms with Crippen LogP contribution in [0.3, 0.4) is 0 Å². The van der Waals surface area contributed by atoms with Crippen molar-refractivity contribution in [3.8, 4) is 5.75 Å². The van der Waals surface area contributed by atoms with Crippen LogP contribution in [0.1, 0.15) is 48.2 Å². The van der Waals surface area contributed by atoms with Crippen LogP contribution in [0.4, 0.5) is 0 Å². The molecule has 4 rings (SSSR count). The molecular formula is C19H22O6. The fourth-order valence-electron chi connectivity index (χ4n) is 5.34. The summed E-state index contributed by atoms with van der Waals surface area (Å²) in [4.78, 5) is 25.8. The number of ketones is 2. The second kappa shape index (κ2) is 5.37. The van der Waals surface area contributed by atoms with Gasteiger partial charge in [0.05, 0.1) is 12.0 Å². The Bertz CT molecular complexity index is 758. The van der Waals surface area contributed by atoms with Crippen LogP contribution in [0, 0.1) is 23.7 Å². The van der Waals surface area contributed by atoms with Crippen LogP contribution < -0.4 is 0 Å². The molecule has 1 aromatic carbocycles. The lowest BCUT2D eigenvalue weighted by Gasteiger charge is -2.55. The van der Waals surface area contributed by atoms with Gasteiger partial charge in [-0.3, -0.25) is 9.59 Å². The van der Waals surface area contributed by atoms with Crippen molar-refractivity contribution in [1.82, 2.24) is 0 Å². The minimum absolute atomic E-state index is 0.0691. The van der Waals surface area contributed by atoms with Gasteiger partial charge in [-0.05, 0) is 30.7 Å². The molecule has 2 saturated carbocycles.